The van der Waals surface area contributed by atoms with Crippen LogP contribution in [0.2, 0.25) is 0 Å². The van der Waals surface area contributed by atoms with E-state index in [-0.39, 0.29) is 5.91 Å². The molecule has 16 heavy (non-hydrogen) atoms. The average Bonchev–Trinajstić information content (AvgIpc) is 2.73. The minimum Gasteiger partial charge on any atom is -0.334 e. The summed E-state index contributed by atoms with van der Waals surface area (Å²) in [5.74, 6) is -0.252. The maximum atomic E-state index is 11.8. The number of hydrogen-bond donors (Lipinski definition) is 1. The number of aromatic nitrogens is 2. The monoisotopic (exact) mass is 220 g/mol. The summed E-state index contributed by atoms with van der Waals surface area (Å²) >= 11 is 0. The van der Waals surface area contributed by atoms with E-state index in [9.17, 15) is 4.79 Å². The van der Waals surface area contributed by atoms with Crippen LogP contribution in [0.15, 0.2) is 12.4 Å². The van der Waals surface area contributed by atoms with Crippen molar-refractivity contribution in [1.29, 1.82) is 5.26 Å². The van der Waals surface area contributed by atoms with E-state index in [4.69, 9.17) is 5.26 Å². The fourth-order valence-corrected chi connectivity index (χ4v) is 1.44. The molecule has 0 bridgehead atoms. The molecule has 0 atom stereocenters. The number of nitriles is 1. The quantitative estimate of drug-likeness (QED) is 0.829. The molecule has 86 valence electrons. The first kappa shape index (κ1) is 12.2. The number of nitrogens with one attached hydrogen (secondary N) is 1. The molecule has 0 aliphatic heterocycles. The zero-order chi connectivity index (χ0) is 12.2. The number of hydrogen-bond acceptors (Lipinski definition) is 3. The molecule has 1 aromatic heterocycles. The largest absolute Gasteiger partial charge is 0.334 e. The molecule has 0 radical (unpaired) electrons. The molecule has 0 aliphatic rings. The van der Waals surface area contributed by atoms with Gasteiger partial charge in [0, 0.05) is 13.2 Å². The Hall–Kier alpha value is -1.83. The first-order chi connectivity index (χ1) is 7.56. The SMILES string of the molecule is CCC(C#N)(CC)NC(=O)c1cnn(C)c1. The summed E-state index contributed by atoms with van der Waals surface area (Å²) in [5, 5.41) is 15.8. The van der Waals surface area contributed by atoms with Gasteiger partial charge in [0.2, 0.25) is 0 Å². The highest BCUT2D eigenvalue weighted by molar-refractivity contribution is 5.94. The van der Waals surface area contributed by atoms with E-state index >= 15 is 0 Å². The van der Waals surface area contributed by atoms with Gasteiger partial charge in [-0.15, -0.1) is 0 Å². The fraction of sp³-hybridized carbons (Fsp3) is 0.545. The number of nitrogens with zero attached hydrogens (tertiary/aromatic N) is 3. The summed E-state index contributed by atoms with van der Waals surface area (Å²) in [6, 6.07) is 2.16. The number of aryl methyl sites for hydroxylation is 1. The topological polar surface area (TPSA) is 70.7 Å². The van der Waals surface area contributed by atoms with Gasteiger partial charge in [0.05, 0.1) is 17.8 Å². The number of amides is 1. The Labute approximate surface area is 95.1 Å². The zero-order valence-corrected chi connectivity index (χ0v) is 9.82. The van der Waals surface area contributed by atoms with E-state index in [1.165, 1.54) is 6.20 Å². The van der Waals surface area contributed by atoms with Gasteiger partial charge in [0.25, 0.3) is 5.91 Å². The maximum Gasteiger partial charge on any atom is 0.255 e. The molecule has 5 heteroatoms. The summed E-state index contributed by atoms with van der Waals surface area (Å²) in [6.07, 6.45) is 4.30. The van der Waals surface area contributed by atoms with Crippen LogP contribution in [0.3, 0.4) is 0 Å². The normalized spacial score (nSPS) is 10.9. The molecule has 0 unspecified atom stereocenters. The first-order valence-electron chi connectivity index (χ1n) is 5.29. The van der Waals surface area contributed by atoms with E-state index < -0.39 is 5.54 Å². The van der Waals surface area contributed by atoms with Gasteiger partial charge in [-0.05, 0) is 12.8 Å². The Morgan fingerprint density at radius 1 is 1.62 bits per heavy atom. The molecular formula is C11H16N4O. The van der Waals surface area contributed by atoms with Crippen molar-refractivity contribution >= 4 is 5.91 Å². The van der Waals surface area contributed by atoms with Crippen molar-refractivity contribution in [1.82, 2.24) is 15.1 Å². The van der Waals surface area contributed by atoms with E-state index in [0.29, 0.717) is 18.4 Å². The summed E-state index contributed by atoms with van der Waals surface area (Å²) in [4.78, 5) is 11.8. The molecule has 0 saturated heterocycles. The summed E-state index contributed by atoms with van der Waals surface area (Å²) in [7, 11) is 1.74. The second-order valence-electron chi connectivity index (χ2n) is 3.76. The van der Waals surface area contributed by atoms with Gasteiger partial charge in [-0.1, -0.05) is 13.8 Å². The van der Waals surface area contributed by atoms with Crippen LogP contribution >= 0.6 is 0 Å². The highest BCUT2D eigenvalue weighted by Crippen LogP contribution is 2.14. The number of rotatable bonds is 4. The zero-order valence-electron chi connectivity index (χ0n) is 9.82. The molecule has 0 saturated carbocycles. The summed E-state index contributed by atoms with van der Waals surface area (Å²) < 4.78 is 1.56. The van der Waals surface area contributed by atoms with Gasteiger partial charge in [-0.3, -0.25) is 9.48 Å². The van der Waals surface area contributed by atoms with Crippen molar-refractivity contribution in [2.45, 2.75) is 32.2 Å². The van der Waals surface area contributed by atoms with Gasteiger partial charge in [0.1, 0.15) is 5.54 Å². The predicted octanol–water partition coefficient (Wildman–Crippen LogP) is 1.23. The van der Waals surface area contributed by atoms with Crippen LogP contribution in [0.25, 0.3) is 0 Å². The highest BCUT2D eigenvalue weighted by Gasteiger charge is 2.28. The Kier molecular flexibility index (Phi) is 3.67. The lowest BCUT2D eigenvalue weighted by molar-refractivity contribution is 0.0915. The smallest absolute Gasteiger partial charge is 0.255 e. The van der Waals surface area contributed by atoms with Crippen LogP contribution in [0, 0.1) is 11.3 Å². The lowest BCUT2D eigenvalue weighted by atomic mass is 9.94. The summed E-state index contributed by atoms with van der Waals surface area (Å²) in [6.45, 7) is 3.77. The Morgan fingerprint density at radius 3 is 2.62 bits per heavy atom. The molecule has 0 aromatic carbocycles. The van der Waals surface area contributed by atoms with Crippen LogP contribution < -0.4 is 5.32 Å². The van der Waals surface area contributed by atoms with Crippen molar-refractivity contribution in [2.24, 2.45) is 7.05 Å². The molecule has 1 rings (SSSR count). The van der Waals surface area contributed by atoms with Crippen molar-refractivity contribution < 1.29 is 4.79 Å². The molecule has 1 amide bonds. The van der Waals surface area contributed by atoms with Crippen LogP contribution in [-0.2, 0) is 7.05 Å². The molecule has 0 fully saturated rings. The van der Waals surface area contributed by atoms with Gasteiger partial charge >= 0.3 is 0 Å². The van der Waals surface area contributed by atoms with E-state index in [1.54, 1.807) is 17.9 Å². The Bertz CT molecular complexity index is 412. The third kappa shape index (κ3) is 2.40. The van der Waals surface area contributed by atoms with Crippen molar-refractivity contribution in [3.8, 4) is 6.07 Å². The minimum atomic E-state index is -0.771. The van der Waals surface area contributed by atoms with Crippen LogP contribution in [0.1, 0.15) is 37.0 Å². The standard InChI is InChI=1S/C11H16N4O/c1-4-11(5-2,8-12)14-10(16)9-6-13-15(3)7-9/h6-7H,4-5H2,1-3H3,(H,14,16). The van der Waals surface area contributed by atoms with E-state index in [0.717, 1.165) is 0 Å². The third-order valence-electron chi connectivity index (χ3n) is 2.74. The van der Waals surface area contributed by atoms with Gasteiger partial charge in [0.15, 0.2) is 0 Å². The third-order valence-corrected chi connectivity index (χ3v) is 2.74. The van der Waals surface area contributed by atoms with E-state index in [1.807, 2.05) is 13.8 Å². The lowest BCUT2D eigenvalue weighted by Gasteiger charge is -2.24. The van der Waals surface area contributed by atoms with Crippen molar-refractivity contribution in [3.05, 3.63) is 18.0 Å². The van der Waals surface area contributed by atoms with Gasteiger partial charge in [-0.2, -0.15) is 10.4 Å². The second kappa shape index (κ2) is 4.79. The molecule has 1 aromatic rings. The van der Waals surface area contributed by atoms with E-state index in [2.05, 4.69) is 16.5 Å². The molecule has 0 spiro atoms. The fourth-order valence-electron chi connectivity index (χ4n) is 1.44. The van der Waals surface area contributed by atoms with Gasteiger partial charge < -0.3 is 5.32 Å². The molecule has 0 aliphatic carbocycles. The van der Waals surface area contributed by atoms with Crippen LogP contribution in [0.5, 0.6) is 0 Å². The van der Waals surface area contributed by atoms with Gasteiger partial charge in [-0.25, -0.2) is 0 Å². The molecule has 5 nitrogen and oxygen atoms in total. The Morgan fingerprint density at radius 2 is 2.25 bits per heavy atom. The highest BCUT2D eigenvalue weighted by atomic mass is 16.1. The lowest BCUT2D eigenvalue weighted by Crippen LogP contribution is -2.46. The predicted molar refractivity (Wildman–Crippen MR) is 59.6 cm³/mol. The number of carbonyl (C=O) groups excluding carboxylic acids is 1. The minimum absolute atomic E-state index is 0.252. The number of carbonyl (C=O) groups is 1. The average molecular weight is 220 g/mol. The van der Waals surface area contributed by atoms with Crippen LogP contribution in [-0.4, -0.2) is 21.2 Å². The van der Waals surface area contributed by atoms with Crippen LogP contribution in [0.4, 0.5) is 0 Å². The molecule has 1 N–H and O–H groups in total. The second-order valence-corrected chi connectivity index (χ2v) is 3.76. The first-order valence-corrected chi connectivity index (χ1v) is 5.29. The summed E-state index contributed by atoms with van der Waals surface area (Å²) in [5.41, 5.74) is -0.295. The Balaban J connectivity index is 2.81. The maximum absolute atomic E-state index is 11.8. The molecule has 1 heterocycles. The van der Waals surface area contributed by atoms with Crippen molar-refractivity contribution in [2.75, 3.05) is 0 Å². The van der Waals surface area contributed by atoms with Crippen molar-refractivity contribution in [3.63, 3.8) is 0 Å². The molecular weight excluding hydrogens is 204 g/mol.